The van der Waals surface area contributed by atoms with Gasteiger partial charge in [-0.15, -0.1) is 0 Å². The minimum Gasteiger partial charge on any atom is -0.306 e. The molecule has 0 aromatic carbocycles. The molecule has 46 valence electrons. The summed E-state index contributed by atoms with van der Waals surface area (Å²) in [5.74, 6) is 0. The number of nitriles is 1. The summed E-state index contributed by atoms with van der Waals surface area (Å²) in [5.41, 5.74) is 7.32. The Morgan fingerprint density at radius 1 is 1.89 bits per heavy atom. The highest BCUT2D eigenvalue weighted by molar-refractivity contribution is 5.80. The molecule has 9 heavy (non-hydrogen) atoms. The summed E-state index contributed by atoms with van der Waals surface area (Å²) in [7, 11) is 0. The lowest BCUT2D eigenvalue weighted by Crippen LogP contribution is -2.38. The van der Waals surface area contributed by atoms with Gasteiger partial charge in [-0.25, -0.2) is 0 Å². The van der Waals surface area contributed by atoms with E-state index in [1.165, 1.54) is 0 Å². The predicted octanol–water partition coefficient (Wildman–Crippen LogP) is -0.856. The van der Waals surface area contributed by atoms with Gasteiger partial charge in [0.1, 0.15) is 11.1 Å². The van der Waals surface area contributed by atoms with Gasteiger partial charge in [-0.05, 0) is 0 Å². The minimum atomic E-state index is -0.526. The molecule has 1 saturated carbocycles. The molecule has 4 heteroatoms. The van der Waals surface area contributed by atoms with Gasteiger partial charge < -0.3 is 5.73 Å². The van der Waals surface area contributed by atoms with Crippen LogP contribution in [0.2, 0.25) is 0 Å². The van der Waals surface area contributed by atoms with Gasteiger partial charge in [0.05, 0.1) is 6.07 Å². The van der Waals surface area contributed by atoms with Crippen molar-refractivity contribution in [1.82, 2.24) is 5.43 Å². The lowest BCUT2D eigenvalue weighted by atomic mass is 10.1. The molecular formula is C5H6N4. The summed E-state index contributed by atoms with van der Waals surface area (Å²) in [6.07, 6.45) is 2.28. The minimum absolute atomic E-state index is 0.479. The largest absolute Gasteiger partial charge is 0.306 e. The number of hydrazone groups is 1. The SMILES string of the molecule is N#CC12C=NNC1(N)C2. The zero-order valence-electron chi connectivity index (χ0n) is 4.76. The summed E-state index contributed by atoms with van der Waals surface area (Å²) in [6, 6.07) is 2.12. The van der Waals surface area contributed by atoms with Crippen molar-refractivity contribution in [3.63, 3.8) is 0 Å². The molecule has 0 aromatic heterocycles. The average Bonchev–Trinajstić information content (AvgIpc) is 2.29. The molecule has 0 saturated heterocycles. The van der Waals surface area contributed by atoms with Crippen LogP contribution in [0.3, 0.4) is 0 Å². The first-order valence-electron chi connectivity index (χ1n) is 2.74. The van der Waals surface area contributed by atoms with Gasteiger partial charge in [-0.1, -0.05) is 0 Å². The summed E-state index contributed by atoms with van der Waals surface area (Å²) < 4.78 is 0. The van der Waals surface area contributed by atoms with Crippen LogP contribution in [0.4, 0.5) is 0 Å². The first kappa shape index (κ1) is 4.77. The predicted molar refractivity (Wildman–Crippen MR) is 31.2 cm³/mol. The summed E-state index contributed by atoms with van der Waals surface area (Å²) in [4.78, 5) is 0. The molecule has 1 heterocycles. The highest BCUT2D eigenvalue weighted by Gasteiger charge is 2.69. The van der Waals surface area contributed by atoms with Gasteiger partial charge in [0.2, 0.25) is 0 Å². The zero-order chi connectivity index (χ0) is 6.54. The Bertz CT molecular complexity index is 228. The third-order valence-electron chi connectivity index (χ3n) is 1.98. The fraction of sp³-hybridized carbons (Fsp3) is 0.600. The highest BCUT2D eigenvalue weighted by Crippen LogP contribution is 2.52. The van der Waals surface area contributed by atoms with Gasteiger partial charge in [0.25, 0.3) is 0 Å². The molecular weight excluding hydrogens is 116 g/mol. The van der Waals surface area contributed by atoms with Crippen LogP contribution >= 0.6 is 0 Å². The van der Waals surface area contributed by atoms with E-state index in [2.05, 4.69) is 16.6 Å². The van der Waals surface area contributed by atoms with Crippen LogP contribution in [-0.4, -0.2) is 11.9 Å². The van der Waals surface area contributed by atoms with Crippen LogP contribution in [0.1, 0.15) is 6.42 Å². The Hall–Kier alpha value is -1.08. The Morgan fingerprint density at radius 3 is 2.89 bits per heavy atom. The Kier molecular flexibility index (Phi) is 0.507. The smallest absolute Gasteiger partial charge is 0.135 e. The number of hydrogen-bond acceptors (Lipinski definition) is 4. The molecule has 0 aromatic rings. The third-order valence-corrected chi connectivity index (χ3v) is 1.98. The number of hydrogen-bond donors (Lipinski definition) is 2. The molecule has 0 spiro atoms. The quantitative estimate of drug-likeness (QED) is 0.439. The van der Waals surface area contributed by atoms with Crippen molar-refractivity contribution in [1.29, 1.82) is 5.26 Å². The maximum atomic E-state index is 8.57. The molecule has 0 bridgehead atoms. The summed E-state index contributed by atoms with van der Waals surface area (Å²) in [6.45, 7) is 0. The molecule has 2 rings (SSSR count). The first-order valence-corrected chi connectivity index (χ1v) is 2.74. The Balaban J connectivity index is 2.40. The highest BCUT2D eigenvalue weighted by atomic mass is 15.4. The fourth-order valence-corrected chi connectivity index (χ4v) is 1.12. The van der Waals surface area contributed by atoms with Crippen molar-refractivity contribution < 1.29 is 0 Å². The van der Waals surface area contributed by atoms with E-state index in [0.29, 0.717) is 6.42 Å². The third kappa shape index (κ3) is 0.319. The number of nitrogens with one attached hydrogen (secondary N) is 1. The van der Waals surface area contributed by atoms with E-state index in [0.717, 1.165) is 0 Å². The van der Waals surface area contributed by atoms with E-state index in [9.17, 15) is 0 Å². The van der Waals surface area contributed by atoms with Crippen molar-refractivity contribution in [3.8, 4) is 6.07 Å². The maximum absolute atomic E-state index is 8.57. The van der Waals surface area contributed by atoms with Gasteiger partial charge >= 0.3 is 0 Å². The molecule has 1 aliphatic heterocycles. The van der Waals surface area contributed by atoms with Crippen LogP contribution in [0.25, 0.3) is 0 Å². The zero-order valence-corrected chi connectivity index (χ0v) is 4.76. The van der Waals surface area contributed by atoms with Crippen LogP contribution in [0.15, 0.2) is 5.10 Å². The van der Waals surface area contributed by atoms with E-state index in [1.54, 1.807) is 6.21 Å². The molecule has 1 fully saturated rings. The van der Waals surface area contributed by atoms with Crippen LogP contribution in [-0.2, 0) is 0 Å². The lowest BCUT2D eigenvalue weighted by Gasteiger charge is -2.02. The van der Waals surface area contributed by atoms with E-state index < -0.39 is 11.1 Å². The fourth-order valence-electron chi connectivity index (χ4n) is 1.12. The van der Waals surface area contributed by atoms with Crippen molar-refractivity contribution in [2.75, 3.05) is 0 Å². The van der Waals surface area contributed by atoms with Gasteiger partial charge in [0, 0.05) is 12.6 Å². The Labute approximate surface area is 52.3 Å². The van der Waals surface area contributed by atoms with Crippen LogP contribution in [0, 0.1) is 16.7 Å². The molecule has 2 atom stereocenters. The number of nitrogens with zero attached hydrogens (tertiary/aromatic N) is 2. The normalized spacial score (nSPS) is 51.6. The second-order valence-corrected chi connectivity index (χ2v) is 2.60. The molecule has 2 unspecified atom stereocenters. The second-order valence-electron chi connectivity index (χ2n) is 2.60. The van der Waals surface area contributed by atoms with Crippen molar-refractivity contribution in [3.05, 3.63) is 0 Å². The first-order chi connectivity index (χ1) is 4.22. The Morgan fingerprint density at radius 2 is 2.67 bits per heavy atom. The molecule has 0 amide bonds. The second kappa shape index (κ2) is 0.957. The van der Waals surface area contributed by atoms with Crippen LogP contribution in [0.5, 0.6) is 0 Å². The number of nitrogens with two attached hydrogens (primary N) is 1. The van der Waals surface area contributed by atoms with Gasteiger partial charge in [-0.3, -0.25) is 5.43 Å². The average molecular weight is 122 g/mol. The molecule has 0 radical (unpaired) electrons. The molecule has 3 N–H and O–H groups in total. The van der Waals surface area contributed by atoms with E-state index in [4.69, 9.17) is 11.0 Å². The van der Waals surface area contributed by atoms with Gasteiger partial charge in [0.15, 0.2) is 0 Å². The van der Waals surface area contributed by atoms with E-state index in [1.807, 2.05) is 0 Å². The lowest BCUT2D eigenvalue weighted by molar-refractivity contribution is 0.527. The van der Waals surface area contributed by atoms with Gasteiger partial charge in [-0.2, -0.15) is 10.4 Å². The van der Waals surface area contributed by atoms with Crippen molar-refractivity contribution in [2.24, 2.45) is 16.3 Å². The van der Waals surface area contributed by atoms with Crippen molar-refractivity contribution >= 4 is 6.21 Å². The number of rotatable bonds is 0. The van der Waals surface area contributed by atoms with Crippen molar-refractivity contribution in [2.45, 2.75) is 12.1 Å². The maximum Gasteiger partial charge on any atom is 0.135 e. The molecule has 2 aliphatic rings. The standard InChI is InChI=1S/C5H6N4/c6-2-4-1-5(4,7)9-8-3-4/h3,9H,1,7H2. The summed E-state index contributed by atoms with van der Waals surface area (Å²) >= 11 is 0. The summed E-state index contributed by atoms with van der Waals surface area (Å²) in [5, 5.41) is 12.3. The van der Waals surface area contributed by atoms with Crippen LogP contribution < -0.4 is 11.2 Å². The number of fused-ring (bicyclic) bond motifs is 1. The molecule has 4 nitrogen and oxygen atoms in total. The molecule has 1 aliphatic carbocycles. The van der Waals surface area contributed by atoms with E-state index >= 15 is 0 Å². The monoisotopic (exact) mass is 122 g/mol. The topological polar surface area (TPSA) is 74.2 Å². The van der Waals surface area contributed by atoms with E-state index in [-0.39, 0.29) is 0 Å².